The van der Waals surface area contributed by atoms with E-state index in [1.54, 1.807) is 37.3 Å². The van der Waals surface area contributed by atoms with Crippen molar-refractivity contribution >= 4 is 46.4 Å². The van der Waals surface area contributed by atoms with Crippen molar-refractivity contribution in [1.82, 2.24) is 5.16 Å². The van der Waals surface area contributed by atoms with Crippen LogP contribution >= 0.6 is 34.8 Å². The summed E-state index contributed by atoms with van der Waals surface area (Å²) >= 11 is 18.6. The van der Waals surface area contributed by atoms with Crippen molar-refractivity contribution in [3.05, 3.63) is 68.4 Å². The van der Waals surface area contributed by atoms with Crippen LogP contribution < -0.4 is 5.32 Å². The first-order chi connectivity index (χ1) is 11.9. The van der Waals surface area contributed by atoms with E-state index in [4.69, 9.17) is 39.3 Å². The Hall–Kier alpha value is -2.01. The molecule has 7 heteroatoms. The molecule has 3 rings (SSSR count). The molecule has 0 bridgehead atoms. The summed E-state index contributed by atoms with van der Waals surface area (Å²) in [7, 11) is 0. The van der Waals surface area contributed by atoms with Gasteiger partial charge >= 0.3 is 0 Å². The number of hydrogen-bond acceptors (Lipinski definition) is 3. The van der Waals surface area contributed by atoms with Gasteiger partial charge in [0.1, 0.15) is 17.0 Å². The fourth-order valence-corrected chi connectivity index (χ4v) is 3.16. The Kier molecular flexibility index (Phi) is 5.04. The highest BCUT2D eigenvalue weighted by molar-refractivity contribution is 6.39. The first-order valence-corrected chi connectivity index (χ1v) is 8.50. The highest BCUT2D eigenvalue weighted by Gasteiger charge is 2.25. The van der Waals surface area contributed by atoms with Gasteiger partial charge in [-0.15, -0.1) is 0 Å². The maximum absolute atomic E-state index is 12.8. The molecule has 4 nitrogen and oxygen atoms in total. The number of aromatic nitrogens is 1. The summed E-state index contributed by atoms with van der Waals surface area (Å²) in [5.41, 5.74) is 2.51. The molecule has 1 amide bonds. The van der Waals surface area contributed by atoms with Gasteiger partial charge in [0, 0.05) is 16.3 Å². The van der Waals surface area contributed by atoms with Crippen molar-refractivity contribution in [2.75, 3.05) is 5.32 Å². The Morgan fingerprint density at radius 3 is 2.36 bits per heavy atom. The molecular weight excluding hydrogens is 383 g/mol. The smallest absolute Gasteiger partial charge is 0.261 e. The molecule has 3 aromatic rings. The van der Waals surface area contributed by atoms with Gasteiger partial charge in [0.05, 0.1) is 10.0 Å². The van der Waals surface area contributed by atoms with Crippen LogP contribution in [0.2, 0.25) is 15.1 Å². The number of nitrogens with zero attached hydrogens (tertiary/aromatic N) is 1. The third kappa shape index (κ3) is 3.52. The summed E-state index contributed by atoms with van der Waals surface area (Å²) in [5.74, 6) is -0.0219. The van der Waals surface area contributed by atoms with Crippen molar-refractivity contribution in [3.63, 3.8) is 0 Å². The van der Waals surface area contributed by atoms with Crippen molar-refractivity contribution in [2.24, 2.45) is 0 Å². The Bertz CT molecular complexity index is 947. The standard InChI is InChI=1S/C18H13Cl3N2O2/c1-9-6-7-11(8-14(9)21)22-18(24)15-10(2)25-23-17(15)16-12(19)4-3-5-13(16)20/h3-8H,1-2H3,(H,22,24). The van der Waals surface area contributed by atoms with E-state index < -0.39 is 0 Å². The average molecular weight is 396 g/mol. The van der Waals surface area contributed by atoms with Crippen molar-refractivity contribution in [3.8, 4) is 11.3 Å². The summed E-state index contributed by atoms with van der Waals surface area (Å²) in [6.45, 7) is 3.54. The number of benzene rings is 2. The zero-order valence-corrected chi connectivity index (χ0v) is 15.6. The normalized spacial score (nSPS) is 10.8. The first kappa shape index (κ1) is 17.8. The molecule has 1 aromatic heterocycles. The molecule has 0 aliphatic carbocycles. The van der Waals surface area contributed by atoms with Gasteiger partial charge in [-0.2, -0.15) is 0 Å². The van der Waals surface area contributed by atoms with Crippen LogP contribution in [0.4, 0.5) is 5.69 Å². The van der Waals surface area contributed by atoms with E-state index in [1.807, 2.05) is 13.0 Å². The lowest BCUT2D eigenvalue weighted by atomic mass is 10.1. The lowest BCUT2D eigenvalue weighted by Crippen LogP contribution is -2.13. The second-order valence-corrected chi connectivity index (χ2v) is 6.70. The molecule has 0 unspecified atom stereocenters. The minimum atomic E-state index is -0.385. The van der Waals surface area contributed by atoms with Gasteiger partial charge in [-0.1, -0.05) is 52.1 Å². The van der Waals surface area contributed by atoms with Crippen LogP contribution in [0.15, 0.2) is 40.9 Å². The second kappa shape index (κ2) is 7.08. The van der Waals surface area contributed by atoms with Gasteiger partial charge in [0.25, 0.3) is 5.91 Å². The minimum absolute atomic E-state index is 0.270. The van der Waals surface area contributed by atoms with Gasteiger partial charge in [-0.05, 0) is 43.7 Å². The van der Waals surface area contributed by atoms with E-state index in [-0.39, 0.29) is 11.5 Å². The molecule has 0 aliphatic heterocycles. The molecule has 0 atom stereocenters. The van der Waals surface area contributed by atoms with E-state index in [1.165, 1.54) is 0 Å². The highest BCUT2D eigenvalue weighted by atomic mass is 35.5. The van der Waals surface area contributed by atoms with Crippen LogP contribution in [-0.4, -0.2) is 11.1 Å². The van der Waals surface area contributed by atoms with Crippen molar-refractivity contribution in [1.29, 1.82) is 0 Å². The molecule has 128 valence electrons. The quantitative estimate of drug-likeness (QED) is 0.577. The van der Waals surface area contributed by atoms with Crippen molar-refractivity contribution < 1.29 is 9.32 Å². The molecule has 0 spiro atoms. The number of rotatable bonds is 3. The molecule has 2 aromatic carbocycles. The van der Waals surface area contributed by atoms with E-state index in [0.717, 1.165) is 5.56 Å². The Morgan fingerprint density at radius 2 is 1.72 bits per heavy atom. The SMILES string of the molecule is Cc1ccc(NC(=O)c2c(-c3c(Cl)cccc3Cl)noc2C)cc1Cl. The maximum Gasteiger partial charge on any atom is 0.261 e. The Labute approximate surface area is 159 Å². The third-order valence-electron chi connectivity index (χ3n) is 3.72. The maximum atomic E-state index is 12.8. The number of aryl methyl sites for hydroxylation is 2. The molecule has 25 heavy (non-hydrogen) atoms. The molecule has 0 fully saturated rings. The minimum Gasteiger partial charge on any atom is -0.360 e. The fourth-order valence-electron chi connectivity index (χ4n) is 2.40. The zero-order chi connectivity index (χ0) is 18.1. The largest absolute Gasteiger partial charge is 0.360 e. The lowest BCUT2D eigenvalue weighted by molar-refractivity contribution is 0.102. The van der Waals surface area contributed by atoms with E-state index in [0.29, 0.717) is 37.8 Å². The number of halogens is 3. The van der Waals surface area contributed by atoms with Crippen LogP contribution in [0.1, 0.15) is 21.7 Å². The van der Waals surface area contributed by atoms with E-state index in [9.17, 15) is 4.79 Å². The molecule has 1 heterocycles. The van der Waals surface area contributed by atoms with Crippen molar-refractivity contribution in [2.45, 2.75) is 13.8 Å². The number of hydrogen-bond donors (Lipinski definition) is 1. The Morgan fingerprint density at radius 1 is 1.04 bits per heavy atom. The summed E-state index contributed by atoms with van der Waals surface area (Å²) in [6.07, 6.45) is 0. The summed E-state index contributed by atoms with van der Waals surface area (Å²) in [6, 6.07) is 10.3. The van der Waals surface area contributed by atoms with E-state index in [2.05, 4.69) is 10.5 Å². The second-order valence-electron chi connectivity index (χ2n) is 5.48. The summed E-state index contributed by atoms with van der Waals surface area (Å²) in [5, 5.41) is 8.09. The average Bonchev–Trinajstić information content (AvgIpc) is 2.92. The van der Waals surface area contributed by atoms with Gasteiger partial charge in [0.15, 0.2) is 0 Å². The number of carbonyl (C=O) groups excluding carboxylic acids is 1. The lowest BCUT2D eigenvalue weighted by Gasteiger charge is -2.09. The molecule has 1 N–H and O–H groups in total. The van der Waals surface area contributed by atoms with Crippen LogP contribution in [-0.2, 0) is 0 Å². The molecule has 0 aliphatic rings. The number of carbonyl (C=O) groups is 1. The first-order valence-electron chi connectivity index (χ1n) is 7.36. The molecule has 0 saturated heterocycles. The predicted octanol–water partition coefficient (Wildman–Crippen LogP) is 6.17. The monoisotopic (exact) mass is 394 g/mol. The third-order valence-corrected chi connectivity index (χ3v) is 4.76. The number of amides is 1. The van der Waals surface area contributed by atoms with Gasteiger partial charge in [-0.25, -0.2) is 0 Å². The Balaban J connectivity index is 2.02. The topological polar surface area (TPSA) is 55.1 Å². The van der Waals surface area contributed by atoms with E-state index >= 15 is 0 Å². The van der Waals surface area contributed by atoms with Gasteiger partial charge in [-0.3, -0.25) is 4.79 Å². The summed E-state index contributed by atoms with van der Waals surface area (Å²) < 4.78 is 5.21. The van der Waals surface area contributed by atoms with Crippen LogP contribution in [0.5, 0.6) is 0 Å². The predicted molar refractivity (Wildman–Crippen MR) is 101 cm³/mol. The van der Waals surface area contributed by atoms with Crippen LogP contribution in [0.25, 0.3) is 11.3 Å². The molecule has 0 saturated carbocycles. The number of nitrogens with one attached hydrogen (secondary N) is 1. The highest BCUT2D eigenvalue weighted by Crippen LogP contribution is 2.37. The van der Waals surface area contributed by atoms with Crippen LogP contribution in [0, 0.1) is 13.8 Å². The fraction of sp³-hybridized carbons (Fsp3) is 0.111. The zero-order valence-electron chi connectivity index (χ0n) is 13.4. The molecular formula is C18H13Cl3N2O2. The summed E-state index contributed by atoms with van der Waals surface area (Å²) in [4.78, 5) is 12.8. The van der Waals surface area contributed by atoms with Gasteiger partial charge in [0.2, 0.25) is 0 Å². The molecule has 0 radical (unpaired) electrons. The van der Waals surface area contributed by atoms with Crippen LogP contribution in [0.3, 0.4) is 0 Å². The number of anilines is 1. The van der Waals surface area contributed by atoms with Gasteiger partial charge < -0.3 is 9.84 Å².